The van der Waals surface area contributed by atoms with Crippen molar-refractivity contribution in [2.75, 3.05) is 58.5 Å². The monoisotopic (exact) mass is 275 g/mol. The Hall–Kier alpha value is 0.120. The van der Waals surface area contributed by atoms with Crippen molar-refractivity contribution in [3.05, 3.63) is 0 Å². The summed E-state index contributed by atoms with van der Waals surface area (Å²) in [5, 5.41) is 0. The van der Waals surface area contributed by atoms with E-state index in [-0.39, 0.29) is 0 Å². The zero-order valence-electron chi connectivity index (χ0n) is 10.4. The molecule has 2 aliphatic rings. The first-order valence-electron chi connectivity index (χ1n) is 6.23. The number of thiocarbonyl (C=S) groups is 1. The fourth-order valence-electron chi connectivity index (χ4n) is 2.05. The SMILES string of the molecule is CCN1CN(CCN2CCOCC2)CSC1=S. The highest BCUT2D eigenvalue weighted by atomic mass is 32.2. The second-order valence-corrected chi connectivity index (χ2v) is 5.96. The van der Waals surface area contributed by atoms with Crippen LogP contribution in [0, 0.1) is 0 Å². The van der Waals surface area contributed by atoms with Crippen molar-refractivity contribution < 1.29 is 4.74 Å². The lowest BCUT2D eigenvalue weighted by Gasteiger charge is -2.37. The molecule has 0 unspecified atom stereocenters. The first-order chi connectivity index (χ1) is 8.29. The zero-order chi connectivity index (χ0) is 12.1. The van der Waals surface area contributed by atoms with Gasteiger partial charge in [-0.15, -0.1) is 0 Å². The molecule has 0 N–H and O–H groups in total. The van der Waals surface area contributed by atoms with Crippen LogP contribution < -0.4 is 0 Å². The van der Waals surface area contributed by atoms with Gasteiger partial charge in [0.15, 0.2) is 0 Å². The number of hydrogen-bond donors (Lipinski definition) is 0. The normalized spacial score (nSPS) is 24.3. The van der Waals surface area contributed by atoms with Gasteiger partial charge in [-0.3, -0.25) is 9.80 Å². The van der Waals surface area contributed by atoms with E-state index in [2.05, 4.69) is 21.6 Å². The van der Waals surface area contributed by atoms with Crippen molar-refractivity contribution in [2.45, 2.75) is 6.92 Å². The summed E-state index contributed by atoms with van der Waals surface area (Å²) < 4.78 is 6.41. The van der Waals surface area contributed by atoms with E-state index in [9.17, 15) is 0 Å². The van der Waals surface area contributed by atoms with Gasteiger partial charge in [-0.1, -0.05) is 24.0 Å². The second kappa shape index (κ2) is 6.89. The van der Waals surface area contributed by atoms with E-state index < -0.39 is 0 Å². The first-order valence-corrected chi connectivity index (χ1v) is 7.63. The molecule has 2 aliphatic heterocycles. The average Bonchev–Trinajstić information content (AvgIpc) is 2.39. The lowest BCUT2D eigenvalue weighted by molar-refractivity contribution is 0.0326. The van der Waals surface area contributed by atoms with Crippen LogP contribution in [0.2, 0.25) is 0 Å². The van der Waals surface area contributed by atoms with Crippen molar-refractivity contribution in [1.29, 1.82) is 0 Å². The van der Waals surface area contributed by atoms with Crippen molar-refractivity contribution in [2.24, 2.45) is 0 Å². The molecule has 0 aromatic rings. The average molecular weight is 275 g/mol. The van der Waals surface area contributed by atoms with Crippen molar-refractivity contribution in [1.82, 2.24) is 14.7 Å². The second-order valence-electron chi connectivity index (χ2n) is 4.39. The van der Waals surface area contributed by atoms with Gasteiger partial charge in [0, 0.05) is 32.7 Å². The summed E-state index contributed by atoms with van der Waals surface area (Å²) in [6.07, 6.45) is 0. The van der Waals surface area contributed by atoms with E-state index in [1.807, 2.05) is 0 Å². The largest absolute Gasteiger partial charge is 0.379 e. The fourth-order valence-corrected chi connectivity index (χ4v) is 3.27. The molecule has 2 fully saturated rings. The highest BCUT2D eigenvalue weighted by Gasteiger charge is 2.20. The quantitative estimate of drug-likeness (QED) is 0.705. The van der Waals surface area contributed by atoms with E-state index in [4.69, 9.17) is 17.0 Å². The maximum atomic E-state index is 5.36. The summed E-state index contributed by atoms with van der Waals surface area (Å²) in [5.41, 5.74) is 0. The van der Waals surface area contributed by atoms with E-state index in [1.54, 1.807) is 11.8 Å². The predicted octanol–water partition coefficient (Wildman–Crippen LogP) is 0.889. The number of ether oxygens (including phenoxy) is 1. The van der Waals surface area contributed by atoms with Gasteiger partial charge in [-0.25, -0.2) is 0 Å². The molecule has 0 amide bonds. The van der Waals surface area contributed by atoms with Crippen LogP contribution in [0.3, 0.4) is 0 Å². The predicted molar refractivity (Wildman–Crippen MR) is 76.3 cm³/mol. The van der Waals surface area contributed by atoms with Gasteiger partial charge in [-0.05, 0) is 6.92 Å². The van der Waals surface area contributed by atoms with E-state index in [0.29, 0.717) is 0 Å². The van der Waals surface area contributed by atoms with Crippen LogP contribution in [0.15, 0.2) is 0 Å². The molecule has 2 saturated heterocycles. The van der Waals surface area contributed by atoms with Gasteiger partial charge in [0.1, 0.15) is 4.32 Å². The fraction of sp³-hybridized carbons (Fsp3) is 0.909. The Morgan fingerprint density at radius 3 is 2.65 bits per heavy atom. The number of hydrogen-bond acceptors (Lipinski definition) is 5. The molecule has 0 spiro atoms. The van der Waals surface area contributed by atoms with Gasteiger partial charge in [0.25, 0.3) is 0 Å². The third kappa shape index (κ3) is 4.06. The van der Waals surface area contributed by atoms with Gasteiger partial charge in [-0.2, -0.15) is 0 Å². The van der Waals surface area contributed by atoms with Crippen molar-refractivity contribution in [3.8, 4) is 0 Å². The van der Waals surface area contributed by atoms with E-state index in [1.165, 1.54) is 0 Å². The van der Waals surface area contributed by atoms with Gasteiger partial charge < -0.3 is 9.64 Å². The number of morpholine rings is 1. The highest BCUT2D eigenvalue weighted by molar-refractivity contribution is 8.22. The molecule has 0 aliphatic carbocycles. The minimum absolute atomic E-state index is 0.889. The van der Waals surface area contributed by atoms with Crippen LogP contribution in [0.25, 0.3) is 0 Å². The van der Waals surface area contributed by atoms with Gasteiger partial charge in [0.2, 0.25) is 0 Å². The Bertz CT molecular complexity index is 259. The molecule has 0 bridgehead atoms. The molecule has 0 atom stereocenters. The van der Waals surface area contributed by atoms with Crippen LogP contribution in [-0.2, 0) is 4.74 Å². The van der Waals surface area contributed by atoms with Crippen LogP contribution in [0.4, 0.5) is 0 Å². The Morgan fingerprint density at radius 2 is 1.94 bits per heavy atom. The molecule has 17 heavy (non-hydrogen) atoms. The number of thioether (sulfide) groups is 1. The third-order valence-electron chi connectivity index (χ3n) is 3.22. The molecule has 98 valence electrons. The van der Waals surface area contributed by atoms with Crippen LogP contribution in [-0.4, -0.2) is 77.5 Å². The topological polar surface area (TPSA) is 19.0 Å². The standard InChI is InChI=1S/C11H21N3OS2/c1-2-14-9-13(10-17-11(14)16)4-3-12-5-7-15-8-6-12/h2-10H2,1H3. The Kier molecular flexibility index (Phi) is 5.49. The Labute approximate surface area is 113 Å². The molecule has 0 aromatic heterocycles. The number of nitrogens with zero attached hydrogens (tertiary/aromatic N) is 3. The van der Waals surface area contributed by atoms with Crippen molar-refractivity contribution in [3.63, 3.8) is 0 Å². The summed E-state index contributed by atoms with van der Waals surface area (Å²) in [7, 11) is 0. The molecule has 4 nitrogen and oxygen atoms in total. The number of rotatable bonds is 4. The molecule has 0 aromatic carbocycles. The Balaban J connectivity index is 1.70. The summed E-state index contributed by atoms with van der Waals surface area (Å²) in [5.74, 6) is 1.04. The lowest BCUT2D eigenvalue weighted by Crippen LogP contribution is -2.48. The summed E-state index contributed by atoms with van der Waals surface area (Å²) in [4.78, 5) is 7.22. The maximum absolute atomic E-state index is 5.36. The molecule has 6 heteroatoms. The molecule has 0 saturated carbocycles. The minimum atomic E-state index is 0.889. The van der Waals surface area contributed by atoms with Crippen LogP contribution >= 0.6 is 24.0 Å². The molecular weight excluding hydrogens is 254 g/mol. The van der Waals surface area contributed by atoms with Crippen LogP contribution in [0.5, 0.6) is 0 Å². The van der Waals surface area contributed by atoms with Crippen molar-refractivity contribution >= 4 is 28.3 Å². The van der Waals surface area contributed by atoms with Gasteiger partial charge in [0.05, 0.1) is 25.8 Å². The van der Waals surface area contributed by atoms with E-state index in [0.717, 1.165) is 62.8 Å². The van der Waals surface area contributed by atoms with E-state index >= 15 is 0 Å². The Morgan fingerprint density at radius 1 is 1.24 bits per heavy atom. The van der Waals surface area contributed by atoms with Gasteiger partial charge >= 0.3 is 0 Å². The summed E-state index contributed by atoms with van der Waals surface area (Å²) in [6.45, 7) is 10.4. The zero-order valence-corrected chi connectivity index (χ0v) is 12.1. The first kappa shape index (κ1) is 13.5. The van der Waals surface area contributed by atoms with Crippen LogP contribution in [0.1, 0.15) is 6.92 Å². The third-order valence-corrected chi connectivity index (χ3v) is 4.83. The summed E-state index contributed by atoms with van der Waals surface area (Å²) in [6, 6.07) is 0. The summed E-state index contributed by atoms with van der Waals surface area (Å²) >= 11 is 7.11. The smallest absolute Gasteiger partial charge is 0.138 e. The molecular formula is C11H21N3OS2. The minimum Gasteiger partial charge on any atom is -0.379 e. The molecule has 2 heterocycles. The molecule has 0 radical (unpaired) electrons. The lowest BCUT2D eigenvalue weighted by atomic mass is 10.4. The molecule has 2 rings (SSSR count). The highest BCUT2D eigenvalue weighted by Crippen LogP contribution is 2.17. The maximum Gasteiger partial charge on any atom is 0.138 e.